The maximum absolute atomic E-state index is 11.3. The number of rotatable bonds is 3. The highest BCUT2D eigenvalue weighted by Gasteiger charge is 2.05. The molecule has 0 aliphatic carbocycles. The second-order valence-electron chi connectivity index (χ2n) is 4.22. The number of thioether (sulfide) groups is 1. The summed E-state index contributed by atoms with van der Waals surface area (Å²) >= 11 is 1.35. The predicted octanol–water partition coefficient (Wildman–Crippen LogP) is 1.10. The van der Waals surface area contributed by atoms with Crippen molar-refractivity contribution in [1.82, 2.24) is 19.9 Å². The van der Waals surface area contributed by atoms with Crippen molar-refractivity contribution in [2.45, 2.75) is 10.9 Å². The topological polar surface area (TPSA) is 126 Å². The van der Waals surface area contributed by atoms with Crippen molar-refractivity contribution in [3.8, 4) is 0 Å². The number of nitrogen functional groups attached to an aromatic ring is 2. The first-order valence-electron chi connectivity index (χ1n) is 5.84. The van der Waals surface area contributed by atoms with E-state index >= 15 is 0 Å². The summed E-state index contributed by atoms with van der Waals surface area (Å²) in [4.78, 5) is 25.5. The molecule has 8 heteroatoms. The van der Waals surface area contributed by atoms with E-state index in [1.54, 1.807) is 6.07 Å². The Bertz CT molecular complexity index is 824. The molecule has 2 heterocycles. The van der Waals surface area contributed by atoms with Gasteiger partial charge in [-0.15, -0.1) is 0 Å². The Balaban J connectivity index is 1.81. The van der Waals surface area contributed by atoms with Crippen molar-refractivity contribution in [2.75, 3.05) is 11.5 Å². The van der Waals surface area contributed by atoms with Crippen LogP contribution in [0.25, 0.3) is 11.0 Å². The molecule has 7 nitrogen and oxygen atoms in total. The van der Waals surface area contributed by atoms with Crippen LogP contribution in [-0.4, -0.2) is 19.9 Å². The average molecular weight is 288 g/mol. The smallest absolute Gasteiger partial charge is 0.253 e. The number of aromatic amines is 2. The monoisotopic (exact) mass is 288 g/mol. The zero-order valence-electron chi connectivity index (χ0n) is 10.4. The normalized spacial score (nSPS) is 11.0. The van der Waals surface area contributed by atoms with Gasteiger partial charge in [-0.25, -0.2) is 9.97 Å². The van der Waals surface area contributed by atoms with Crippen molar-refractivity contribution < 1.29 is 0 Å². The van der Waals surface area contributed by atoms with Crippen molar-refractivity contribution in [3.63, 3.8) is 0 Å². The van der Waals surface area contributed by atoms with E-state index in [1.165, 1.54) is 17.8 Å². The number of nitrogens with zero attached hydrogens (tertiary/aromatic N) is 2. The van der Waals surface area contributed by atoms with Gasteiger partial charge in [0.2, 0.25) is 0 Å². The van der Waals surface area contributed by atoms with Crippen LogP contribution < -0.4 is 17.0 Å². The Labute approximate surface area is 117 Å². The quantitative estimate of drug-likeness (QED) is 0.325. The number of nitrogens with one attached hydrogen (secondary N) is 2. The van der Waals surface area contributed by atoms with Crippen LogP contribution in [0.3, 0.4) is 0 Å². The Kier molecular flexibility index (Phi) is 3.07. The Morgan fingerprint density at radius 2 is 2.00 bits per heavy atom. The van der Waals surface area contributed by atoms with E-state index in [1.807, 2.05) is 12.1 Å². The maximum Gasteiger partial charge on any atom is 0.253 e. The number of hydrogen-bond donors (Lipinski definition) is 4. The van der Waals surface area contributed by atoms with Crippen LogP contribution in [0.4, 0.5) is 11.5 Å². The minimum absolute atomic E-state index is 0.202. The molecule has 0 unspecified atom stereocenters. The number of benzene rings is 1. The second-order valence-corrected chi connectivity index (χ2v) is 5.19. The second kappa shape index (κ2) is 4.89. The molecule has 0 saturated heterocycles. The first-order chi connectivity index (χ1) is 9.60. The number of imidazole rings is 1. The molecule has 0 saturated carbocycles. The van der Waals surface area contributed by atoms with Crippen LogP contribution in [0.15, 0.2) is 34.2 Å². The molecular formula is C12H12N6OS. The molecule has 0 spiro atoms. The summed E-state index contributed by atoms with van der Waals surface area (Å²) in [5, 5.41) is 0.468. The van der Waals surface area contributed by atoms with Gasteiger partial charge in [0.15, 0.2) is 5.16 Å². The average Bonchev–Trinajstić information content (AvgIpc) is 2.77. The number of nitrogens with two attached hydrogens (primary N) is 2. The van der Waals surface area contributed by atoms with E-state index in [0.717, 1.165) is 16.9 Å². The number of fused-ring (bicyclic) bond motifs is 1. The van der Waals surface area contributed by atoms with Crippen molar-refractivity contribution in [3.05, 3.63) is 40.4 Å². The maximum atomic E-state index is 11.3. The van der Waals surface area contributed by atoms with Crippen LogP contribution in [0, 0.1) is 0 Å². The fraction of sp³-hybridized carbons (Fsp3) is 0.0833. The summed E-state index contributed by atoms with van der Waals surface area (Å²) in [6.07, 6.45) is 0. The zero-order valence-corrected chi connectivity index (χ0v) is 11.2. The molecule has 2 aromatic heterocycles. The molecule has 0 aliphatic heterocycles. The van der Waals surface area contributed by atoms with E-state index in [0.29, 0.717) is 16.6 Å². The molecule has 1 aromatic carbocycles. The summed E-state index contributed by atoms with van der Waals surface area (Å²) in [7, 11) is 0. The minimum atomic E-state index is -0.266. The lowest BCUT2D eigenvalue weighted by Gasteiger charge is -1.99. The highest BCUT2D eigenvalue weighted by atomic mass is 32.2. The molecular weight excluding hydrogens is 276 g/mol. The van der Waals surface area contributed by atoms with Gasteiger partial charge in [-0.05, 0) is 18.2 Å². The lowest BCUT2D eigenvalue weighted by Crippen LogP contribution is -2.09. The molecule has 3 rings (SSSR count). The van der Waals surface area contributed by atoms with Gasteiger partial charge in [0.05, 0.1) is 16.8 Å². The number of aromatic nitrogens is 4. The summed E-state index contributed by atoms with van der Waals surface area (Å²) in [5.41, 5.74) is 13.4. The fourth-order valence-corrected chi connectivity index (χ4v) is 2.56. The molecule has 0 amide bonds. The Hall–Kier alpha value is -2.48. The van der Waals surface area contributed by atoms with Gasteiger partial charge in [0, 0.05) is 11.8 Å². The van der Waals surface area contributed by atoms with Gasteiger partial charge >= 0.3 is 0 Å². The first-order valence-corrected chi connectivity index (χ1v) is 6.82. The lowest BCUT2D eigenvalue weighted by atomic mass is 10.3. The van der Waals surface area contributed by atoms with Gasteiger partial charge < -0.3 is 21.4 Å². The SMILES string of the molecule is Nc1ccc2nc(CSc3nc(N)cc(=O)[nH]3)[nH]c2c1. The summed E-state index contributed by atoms with van der Waals surface area (Å²) in [6, 6.07) is 6.73. The summed E-state index contributed by atoms with van der Waals surface area (Å²) in [6.45, 7) is 0. The van der Waals surface area contributed by atoms with Crippen LogP contribution in [-0.2, 0) is 5.75 Å². The third kappa shape index (κ3) is 2.59. The minimum Gasteiger partial charge on any atom is -0.399 e. The molecule has 0 fully saturated rings. The highest BCUT2D eigenvalue weighted by Crippen LogP contribution is 2.20. The number of H-pyrrole nitrogens is 2. The zero-order chi connectivity index (χ0) is 14.1. The summed E-state index contributed by atoms with van der Waals surface area (Å²) < 4.78 is 0. The number of anilines is 2. The molecule has 102 valence electrons. The van der Waals surface area contributed by atoms with Crippen LogP contribution >= 0.6 is 11.8 Å². The highest BCUT2D eigenvalue weighted by molar-refractivity contribution is 7.98. The van der Waals surface area contributed by atoms with Crippen LogP contribution in [0.5, 0.6) is 0 Å². The van der Waals surface area contributed by atoms with E-state index in [-0.39, 0.29) is 11.4 Å². The van der Waals surface area contributed by atoms with Crippen molar-refractivity contribution in [2.24, 2.45) is 0 Å². The van der Waals surface area contributed by atoms with Crippen molar-refractivity contribution >= 4 is 34.3 Å². The standard InChI is InChI=1S/C12H12N6OS/c13-6-1-2-7-8(3-6)16-10(15-7)5-20-12-17-9(14)4-11(19)18-12/h1-4H,5,13H2,(H,15,16)(H3,14,17,18,19). The van der Waals surface area contributed by atoms with Gasteiger partial charge in [-0.3, -0.25) is 4.79 Å². The van der Waals surface area contributed by atoms with Gasteiger partial charge in [0.25, 0.3) is 5.56 Å². The van der Waals surface area contributed by atoms with E-state index in [4.69, 9.17) is 11.5 Å². The molecule has 0 bridgehead atoms. The molecule has 0 aliphatic rings. The molecule has 6 N–H and O–H groups in total. The Morgan fingerprint density at radius 1 is 1.15 bits per heavy atom. The lowest BCUT2D eigenvalue weighted by molar-refractivity contribution is 0.942. The molecule has 20 heavy (non-hydrogen) atoms. The Morgan fingerprint density at radius 3 is 2.80 bits per heavy atom. The summed E-state index contributed by atoms with van der Waals surface area (Å²) in [5.74, 6) is 1.52. The third-order valence-corrected chi connectivity index (χ3v) is 3.52. The first kappa shape index (κ1) is 12.5. The predicted molar refractivity (Wildman–Crippen MR) is 79.3 cm³/mol. The van der Waals surface area contributed by atoms with Crippen LogP contribution in [0.1, 0.15) is 5.82 Å². The van der Waals surface area contributed by atoms with Crippen LogP contribution in [0.2, 0.25) is 0 Å². The molecule has 0 atom stereocenters. The molecule has 0 radical (unpaired) electrons. The van der Waals surface area contributed by atoms with E-state index < -0.39 is 0 Å². The van der Waals surface area contributed by atoms with Gasteiger partial charge in [-0.2, -0.15) is 0 Å². The fourth-order valence-electron chi connectivity index (χ4n) is 1.81. The number of hydrogen-bond acceptors (Lipinski definition) is 6. The van der Waals surface area contributed by atoms with E-state index in [9.17, 15) is 4.79 Å². The largest absolute Gasteiger partial charge is 0.399 e. The third-order valence-electron chi connectivity index (χ3n) is 2.64. The molecule has 3 aromatic rings. The van der Waals surface area contributed by atoms with Gasteiger partial charge in [-0.1, -0.05) is 11.8 Å². The van der Waals surface area contributed by atoms with Gasteiger partial charge in [0.1, 0.15) is 11.6 Å². The van der Waals surface area contributed by atoms with E-state index in [2.05, 4.69) is 19.9 Å². The van der Waals surface area contributed by atoms with Crippen molar-refractivity contribution in [1.29, 1.82) is 0 Å².